The number of aromatic nitrogens is 1. The zero-order valence-corrected chi connectivity index (χ0v) is 16.3. The second-order valence-corrected chi connectivity index (χ2v) is 6.49. The van der Waals surface area contributed by atoms with Gasteiger partial charge in [-0.1, -0.05) is 12.1 Å². The van der Waals surface area contributed by atoms with E-state index < -0.39 is 4.92 Å². The summed E-state index contributed by atoms with van der Waals surface area (Å²) in [6, 6.07) is 16.0. The van der Waals surface area contributed by atoms with Crippen LogP contribution in [0.2, 0.25) is 0 Å². The SMILES string of the molecule is Nc1ncccc1NC(=O)c1ccc(CNC(=O)/C=C/c2ccc([N+](=O)[O-])cc2)cc1. The Balaban J connectivity index is 1.51. The summed E-state index contributed by atoms with van der Waals surface area (Å²) >= 11 is 0. The van der Waals surface area contributed by atoms with Gasteiger partial charge in [0.25, 0.3) is 11.6 Å². The van der Waals surface area contributed by atoms with E-state index in [1.807, 2.05) is 0 Å². The van der Waals surface area contributed by atoms with Crippen LogP contribution in [0.25, 0.3) is 6.08 Å². The van der Waals surface area contributed by atoms with E-state index in [2.05, 4.69) is 15.6 Å². The molecule has 1 heterocycles. The molecule has 0 spiro atoms. The maximum Gasteiger partial charge on any atom is 0.269 e. The van der Waals surface area contributed by atoms with Crippen LogP contribution in [0.5, 0.6) is 0 Å². The molecule has 0 atom stereocenters. The van der Waals surface area contributed by atoms with Crippen LogP contribution in [0, 0.1) is 10.1 Å². The van der Waals surface area contributed by atoms with Gasteiger partial charge < -0.3 is 16.4 Å². The second kappa shape index (κ2) is 9.79. The number of nitro benzene ring substituents is 1. The molecule has 0 aliphatic carbocycles. The number of nitrogens with zero attached hydrogens (tertiary/aromatic N) is 2. The minimum absolute atomic E-state index is 0.0115. The largest absolute Gasteiger partial charge is 0.382 e. The van der Waals surface area contributed by atoms with Crippen molar-refractivity contribution < 1.29 is 14.5 Å². The Morgan fingerprint density at radius 1 is 1.06 bits per heavy atom. The fourth-order valence-electron chi connectivity index (χ4n) is 2.62. The van der Waals surface area contributed by atoms with Crippen molar-refractivity contribution in [2.75, 3.05) is 11.1 Å². The first kappa shape index (κ1) is 21.2. The summed E-state index contributed by atoms with van der Waals surface area (Å²) in [6.07, 6.45) is 4.45. The Bertz CT molecular complexity index is 1130. The van der Waals surface area contributed by atoms with Crippen molar-refractivity contribution in [2.45, 2.75) is 6.54 Å². The molecule has 0 bridgehead atoms. The molecule has 0 saturated carbocycles. The number of carbonyl (C=O) groups excluding carboxylic acids is 2. The van der Waals surface area contributed by atoms with Crippen molar-refractivity contribution in [3.8, 4) is 0 Å². The third-order valence-electron chi connectivity index (χ3n) is 4.30. The molecule has 0 unspecified atom stereocenters. The van der Waals surface area contributed by atoms with Crippen molar-refractivity contribution in [2.24, 2.45) is 0 Å². The van der Waals surface area contributed by atoms with Gasteiger partial charge in [-0.05, 0) is 53.6 Å². The third kappa shape index (κ3) is 5.97. The standard InChI is InChI=1S/C22H19N5O4/c23-21-19(2-1-13-24-21)26-22(29)17-8-3-16(4-9-17)14-25-20(28)12-7-15-5-10-18(11-6-15)27(30)31/h1-13H,14H2,(H2,23,24)(H,25,28)(H,26,29)/b12-7+. The van der Waals surface area contributed by atoms with E-state index in [-0.39, 0.29) is 29.9 Å². The number of non-ortho nitro benzene ring substituents is 1. The molecule has 2 aromatic carbocycles. The first-order valence-electron chi connectivity index (χ1n) is 9.23. The molecule has 4 N–H and O–H groups in total. The van der Waals surface area contributed by atoms with Crippen molar-refractivity contribution >= 4 is 35.1 Å². The van der Waals surface area contributed by atoms with E-state index in [1.165, 1.54) is 24.4 Å². The number of nitrogen functional groups attached to an aromatic ring is 1. The van der Waals surface area contributed by atoms with Crippen LogP contribution in [0.15, 0.2) is 72.9 Å². The van der Waals surface area contributed by atoms with Crippen LogP contribution in [0.4, 0.5) is 17.2 Å². The van der Waals surface area contributed by atoms with Crippen LogP contribution >= 0.6 is 0 Å². The second-order valence-electron chi connectivity index (χ2n) is 6.49. The molecule has 0 saturated heterocycles. The quantitative estimate of drug-likeness (QED) is 0.306. The molecule has 0 aliphatic rings. The molecule has 3 rings (SSSR count). The molecule has 0 aliphatic heterocycles. The zero-order chi connectivity index (χ0) is 22.2. The highest BCUT2D eigenvalue weighted by molar-refractivity contribution is 6.05. The summed E-state index contributed by atoms with van der Waals surface area (Å²) in [5, 5.41) is 16.1. The molecular weight excluding hydrogens is 398 g/mol. The lowest BCUT2D eigenvalue weighted by Crippen LogP contribution is -2.20. The number of anilines is 2. The molecule has 0 radical (unpaired) electrons. The average Bonchev–Trinajstić information content (AvgIpc) is 2.78. The lowest BCUT2D eigenvalue weighted by atomic mass is 10.1. The summed E-state index contributed by atoms with van der Waals surface area (Å²) in [4.78, 5) is 38.4. The lowest BCUT2D eigenvalue weighted by Gasteiger charge is -2.08. The molecule has 1 aromatic heterocycles. The predicted molar refractivity (Wildman–Crippen MR) is 117 cm³/mol. The Hall–Kier alpha value is -4.53. The van der Waals surface area contributed by atoms with Gasteiger partial charge in [-0.3, -0.25) is 19.7 Å². The lowest BCUT2D eigenvalue weighted by molar-refractivity contribution is -0.384. The zero-order valence-electron chi connectivity index (χ0n) is 16.3. The predicted octanol–water partition coefficient (Wildman–Crippen LogP) is 3.15. The number of rotatable bonds is 7. The van der Waals surface area contributed by atoms with Crippen molar-refractivity contribution in [1.29, 1.82) is 0 Å². The fourth-order valence-corrected chi connectivity index (χ4v) is 2.62. The van der Waals surface area contributed by atoms with Gasteiger partial charge >= 0.3 is 0 Å². The van der Waals surface area contributed by atoms with Crippen molar-refractivity contribution in [1.82, 2.24) is 10.3 Å². The van der Waals surface area contributed by atoms with Crippen molar-refractivity contribution in [3.63, 3.8) is 0 Å². The van der Waals surface area contributed by atoms with E-state index in [0.29, 0.717) is 16.8 Å². The number of nitro groups is 1. The number of pyridine rings is 1. The summed E-state index contributed by atoms with van der Waals surface area (Å²) in [5.41, 5.74) is 8.07. The first-order chi connectivity index (χ1) is 14.9. The summed E-state index contributed by atoms with van der Waals surface area (Å²) < 4.78 is 0. The number of hydrogen-bond donors (Lipinski definition) is 3. The normalized spacial score (nSPS) is 10.6. The number of benzene rings is 2. The monoisotopic (exact) mass is 417 g/mol. The number of hydrogen-bond acceptors (Lipinski definition) is 6. The van der Waals surface area contributed by atoms with Gasteiger partial charge in [0, 0.05) is 36.5 Å². The number of carbonyl (C=O) groups is 2. The molecule has 9 nitrogen and oxygen atoms in total. The number of amides is 2. The molecule has 9 heteroatoms. The van der Waals surface area contributed by atoms with Gasteiger partial charge in [0.05, 0.1) is 10.6 Å². The van der Waals surface area contributed by atoms with Crippen LogP contribution < -0.4 is 16.4 Å². The van der Waals surface area contributed by atoms with Gasteiger partial charge in [0.2, 0.25) is 5.91 Å². The third-order valence-corrected chi connectivity index (χ3v) is 4.30. The highest BCUT2D eigenvalue weighted by atomic mass is 16.6. The molecule has 31 heavy (non-hydrogen) atoms. The van der Waals surface area contributed by atoms with Gasteiger partial charge in [-0.15, -0.1) is 0 Å². The van der Waals surface area contributed by atoms with E-state index in [0.717, 1.165) is 5.56 Å². The number of nitrogens with one attached hydrogen (secondary N) is 2. The Labute approximate surface area is 177 Å². The topological polar surface area (TPSA) is 140 Å². The molecular formula is C22H19N5O4. The minimum Gasteiger partial charge on any atom is -0.382 e. The number of nitrogens with two attached hydrogens (primary N) is 1. The van der Waals surface area contributed by atoms with E-state index >= 15 is 0 Å². The van der Waals surface area contributed by atoms with Gasteiger partial charge in [0.1, 0.15) is 5.82 Å². The van der Waals surface area contributed by atoms with E-state index in [1.54, 1.807) is 54.6 Å². The van der Waals surface area contributed by atoms with Gasteiger partial charge in [-0.25, -0.2) is 4.98 Å². The van der Waals surface area contributed by atoms with E-state index in [4.69, 9.17) is 5.73 Å². The van der Waals surface area contributed by atoms with Crippen LogP contribution in [0.1, 0.15) is 21.5 Å². The minimum atomic E-state index is -0.483. The summed E-state index contributed by atoms with van der Waals surface area (Å²) in [5.74, 6) is -0.398. The molecule has 0 fully saturated rings. The van der Waals surface area contributed by atoms with Crippen LogP contribution in [-0.4, -0.2) is 21.7 Å². The van der Waals surface area contributed by atoms with Crippen LogP contribution in [-0.2, 0) is 11.3 Å². The van der Waals surface area contributed by atoms with Crippen molar-refractivity contribution in [3.05, 3.63) is 99.7 Å². The molecule has 156 valence electrons. The van der Waals surface area contributed by atoms with Gasteiger partial charge in [-0.2, -0.15) is 0 Å². The maximum absolute atomic E-state index is 12.3. The van der Waals surface area contributed by atoms with Gasteiger partial charge in [0.15, 0.2) is 0 Å². The highest BCUT2D eigenvalue weighted by Gasteiger charge is 2.08. The smallest absolute Gasteiger partial charge is 0.269 e. The highest BCUT2D eigenvalue weighted by Crippen LogP contribution is 2.16. The van der Waals surface area contributed by atoms with Crippen LogP contribution in [0.3, 0.4) is 0 Å². The Morgan fingerprint density at radius 2 is 1.77 bits per heavy atom. The average molecular weight is 417 g/mol. The first-order valence-corrected chi connectivity index (χ1v) is 9.23. The fraction of sp³-hybridized carbons (Fsp3) is 0.0455. The summed E-state index contributed by atoms with van der Waals surface area (Å²) in [7, 11) is 0. The van der Waals surface area contributed by atoms with E-state index in [9.17, 15) is 19.7 Å². The maximum atomic E-state index is 12.3. The Kier molecular flexibility index (Phi) is 6.69. The molecule has 3 aromatic rings. The Morgan fingerprint density at radius 3 is 2.42 bits per heavy atom. The summed E-state index contributed by atoms with van der Waals surface area (Å²) in [6.45, 7) is 0.279. The molecule has 2 amide bonds.